The van der Waals surface area contributed by atoms with Crippen molar-refractivity contribution in [3.05, 3.63) is 45.6 Å². The summed E-state index contributed by atoms with van der Waals surface area (Å²) in [6, 6.07) is 6.68. The zero-order valence-corrected chi connectivity index (χ0v) is 16.3. The van der Waals surface area contributed by atoms with Crippen LogP contribution < -0.4 is 9.46 Å². The molecule has 1 aromatic carbocycles. The van der Waals surface area contributed by atoms with Gasteiger partial charge >= 0.3 is 0 Å². The van der Waals surface area contributed by atoms with Crippen LogP contribution in [0.3, 0.4) is 0 Å². The van der Waals surface area contributed by atoms with Crippen LogP contribution in [-0.4, -0.2) is 40.1 Å². The molecular formula is C17H21ClN2O3S2. The third-order valence-electron chi connectivity index (χ3n) is 4.39. The minimum atomic E-state index is -3.72. The second-order valence-electron chi connectivity index (χ2n) is 5.96. The molecule has 2 heterocycles. The van der Waals surface area contributed by atoms with Crippen molar-refractivity contribution in [3.63, 3.8) is 0 Å². The summed E-state index contributed by atoms with van der Waals surface area (Å²) in [5.41, 5.74) is 1.15. The molecule has 1 fully saturated rings. The van der Waals surface area contributed by atoms with Crippen molar-refractivity contribution in [1.82, 2.24) is 9.62 Å². The molecule has 5 nitrogen and oxygen atoms in total. The van der Waals surface area contributed by atoms with E-state index in [1.165, 1.54) is 13.2 Å². The number of halogens is 1. The molecule has 0 spiro atoms. The zero-order valence-electron chi connectivity index (χ0n) is 13.9. The van der Waals surface area contributed by atoms with Gasteiger partial charge in [-0.2, -0.15) is 11.3 Å². The third-order valence-corrected chi connectivity index (χ3v) is 6.77. The maximum Gasteiger partial charge on any atom is 0.244 e. The summed E-state index contributed by atoms with van der Waals surface area (Å²) in [4.78, 5) is 2.40. The number of nitrogens with one attached hydrogen (secondary N) is 1. The Morgan fingerprint density at radius 2 is 2.08 bits per heavy atom. The van der Waals surface area contributed by atoms with Gasteiger partial charge < -0.3 is 4.74 Å². The van der Waals surface area contributed by atoms with E-state index in [1.807, 2.05) is 5.38 Å². The standard InChI is InChI=1S/C17H21ClN2O3S2/c1-23-16-5-4-14(18)10-17(16)25(21,22)19-11-15(13-6-9-24-12-13)20-7-2-3-8-20/h4-6,9-10,12,15,19H,2-3,7-8,11H2,1H3. The van der Waals surface area contributed by atoms with Crippen LogP contribution in [0.15, 0.2) is 39.9 Å². The topological polar surface area (TPSA) is 58.6 Å². The molecule has 1 aliphatic heterocycles. The smallest absolute Gasteiger partial charge is 0.244 e. The van der Waals surface area contributed by atoms with Crippen LogP contribution in [0.1, 0.15) is 24.4 Å². The summed E-state index contributed by atoms with van der Waals surface area (Å²) in [7, 11) is -2.28. The van der Waals surface area contributed by atoms with Gasteiger partial charge in [-0.3, -0.25) is 4.90 Å². The zero-order chi connectivity index (χ0) is 17.9. The largest absolute Gasteiger partial charge is 0.495 e. The van der Waals surface area contributed by atoms with Crippen LogP contribution in [0.4, 0.5) is 0 Å². The van der Waals surface area contributed by atoms with Crippen LogP contribution in [0, 0.1) is 0 Å². The Bertz CT molecular complexity index is 803. The highest BCUT2D eigenvalue weighted by molar-refractivity contribution is 7.89. The first kappa shape index (κ1) is 18.7. The van der Waals surface area contributed by atoms with Gasteiger partial charge in [0.2, 0.25) is 10.0 Å². The Morgan fingerprint density at radius 1 is 1.32 bits per heavy atom. The molecule has 0 aliphatic carbocycles. The van der Waals surface area contributed by atoms with Crippen molar-refractivity contribution in [2.24, 2.45) is 0 Å². The van der Waals surface area contributed by atoms with Crippen molar-refractivity contribution in [2.75, 3.05) is 26.7 Å². The number of rotatable bonds is 7. The Hall–Kier alpha value is -1.12. The lowest BCUT2D eigenvalue weighted by Gasteiger charge is -2.27. The molecule has 1 atom stereocenters. The summed E-state index contributed by atoms with van der Waals surface area (Å²) >= 11 is 7.60. The van der Waals surface area contributed by atoms with E-state index in [1.54, 1.807) is 23.5 Å². The van der Waals surface area contributed by atoms with Crippen molar-refractivity contribution in [3.8, 4) is 5.75 Å². The van der Waals surface area contributed by atoms with E-state index in [-0.39, 0.29) is 16.7 Å². The number of ether oxygens (including phenoxy) is 1. The Balaban J connectivity index is 1.81. The number of thiophene rings is 1. The van der Waals surface area contributed by atoms with Crippen molar-refractivity contribution in [2.45, 2.75) is 23.8 Å². The first-order valence-corrected chi connectivity index (χ1v) is 10.9. The fourth-order valence-electron chi connectivity index (χ4n) is 3.10. The molecule has 1 aromatic heterocycles. The average Bonchev–Trinajstić information content (AvgIpc) is 3.29. The molecule has 0 radical (unpaired) electrons. The fourth-order valence-corrected chi connectivity index (χ4v) is 5.28. The summed E-state index contributed by atoms with van der Waals surface area (Å²) in [5, 5.41) is 4.46. The van der Waals surface area contributed by atoms with Gasteiger partial charge in [0.25, 0.3) is 0 Å². The molecule has 3 rings (SSSR count). The van der Waals surface area contributed by atoms with E-state index in [0.29, 0.717) is 11.6 Å². The number of benzene rings is 1. The van der Waals surface area contributed by atoms with E-state index in [2.05, 4.69) is 21.1 Å². The lowest BCUT2D eigenvalue weighted by molar-refractivity contribution is 0.247. The minimum absolute atomic E-state index is 0.0358. The summed E-state index contributed by atoms with van der Waals surface area (Å²) < 4.78 is 33.5. The van der Waals surface area contributed by atoms with Gasteiger partial charge in [0.1, 0.15) is 10.6 Å². The predicted octanol–water partition coefficient (Wildman–Crippen LogP) is 3.53. The van der Waals surface area contributed by atoms with Crippen LogP contribution in [0.25, 0.3) is 0 Å². The van der Waals surface area contributed by atoms with Gasteiger partial charge in [-0.25, -0.2) is 13.1 Å². The van der Waals surface area contributed by atoms with Gasteiger partial charge in [0, 0.05) is 17.6 Å². The molecule has 136 valence electrons. The summed E-state index contributed by atoms with van der Waals surface area (Å²) in [5.74, 6) is 0.283. The maximum atomic E-state index is 12.8. The van der Waals surface area contributed by atoms with Gasteiger partial charge in [0.05, 0.1) is 7.11 Å². The number of methoxy groups -OCH3 is 1. The predicted molar refractivity (Wildman–Crippen MR) is 101 cm³/mol. The van der Waals surface area contributed by atoms with Crippen molar-refractivity contribution < 1.29 is 13.2 Å². The quantitative estimate of drug-likeness (QED) is 0.772. The van der Waals surface area contributed by atoms with Gasteiger partial charge in [-0.15, -0.1) is 0 Å². The highest BCUT2D eigenvalue weighted by Crippen LogP contribution is 2.29. The second kappa shape index (κ2) is 8.05. The molecular weight excluding hydrogens is 380 g/mol. The number of sulfonamides is 1. The third kappa shape index (κ3) is 4.35. The first-order chi connectivity index (χ1) is 12.0. The lowest BCUT2D eigenvalue weighted by Crippen LogP contribution is -2.36. The highest BCUT2D eigenvalue weighted by atomic mass is 35.5. The van der Waals surface area contributed by atoms with Crippen LogP contribution in [0.2, 0.25) is 5.02 Å². The fraction of sp³-hybridized carbons (Fsp3) is 0.412. The molecule has 1 N–H and O–H groups in total. The van der Waals surface area contributed by atoms with Crippen LogP contribution >= 0.6 is 22.9 Å². The lowest BCUT2D eigenvalue weighted by atomic mass is 10.1. The number of nitrogens with zero attached hydrogens (tertiary/aromatic N) is 1. The first-order valence-electron chi connectivity index (χ1n) is 8.10. The summed E-state index contributed by atoms with van der Waals surface area (Å²) in [6.45, 7) is 2.29. The SMILES string of the molecule is COc1ccc(Cl)cc1S(=O)(=O)NCC(c1ccsc1)N1CCCC1. The second-order valence-corrected chi connectivity index (χ2v) is 8.91. The molecule has 1 unspecified atom stereocenters. The van der Waals surface area contributed by atoms with Crippen LogP contribution in [-0.2, 0) is 10.0 Å². The molecule has 0 bridgehead atoms. The van der Waals surface area contributed by atoms with E-state index >= 15 is 0 Å². The molecule has 25 heavy (non-hydrogen) atoms. The molecule has 2 aromatic rings. The Morgan fingerprint density at radius 3 is 2.72 bits per heavy atom. The normalized spacial score (nSPS) is 16.9. The average molecular weight is 401 g/mol. The van der Waals surface area contributed by atoms with E-state index in [0.717, 1.165) is 31.5 Å². The highest BCUT2D eigenvalue weighted by Gasteiger charge is 2.27. The molecule has 0 amide bonds. The summed E-state index contributed by atoms with van der Waals surface area (Å²) in [6.07, 6.45) is 2.30. The van der Waals surface area contributed by atoms with E-state index < -0.39 is 10.0 Å². The molecule has 1 saturated heterocycles. The van der Waals surface area contributed by atoms with Gasteiger partial charge in [-0.1, -0.05) is 11.6 Å². The van der Waals surface area contributed by atoms with Gasteiger partial charge in [0.15, 0.2) is 0 Å². The van der Waals surface area contributed by atoms with Crippen molar-refractivity contribution >= 4 is 33.0 Å². The number of hydrogen-bond acceptors (Lipinski definition) is 5. The van der Waals surface area contributed by atoms with Crippen LogP contribution in [0.5, 0.6) is 5.75 Å². The maximum absolute atomic E-state index is 12.8. The van der Waals surface area contributed by atoms with Crippen molar-refractivity contribution in [1.29, 1.82) is 0 Å². The minimum Gasteiger partial charge on any atom is -0.495 e. The number of hydrogen-bond donors (Lipinski definition) is 1. The molecule has 1 aliphatic rings. The van der Waals surface area contributed by atoms with Gasteiger partial charge in [-0.05, 0) is 66.5 Å². The molecule has 0 saturated carbocycles. The number of likely N-dealkylation sites (tertiary alicyclic amines) is 1. The molecule has 8 heteroatoms. The van der Waals surface area contributed by atoms with E-state index in [9.17, 15) is 8.42 Å². The van der Waals surface area contributed by atoms with E-state index in [4.69, 9.17) is 16.3 Å². The Kier molecular flexibility index (Phi) is 6.01. The monoisotopic (exact) mass is 400 g/mol. The Labute approximate surface area is 157 Å².